The molecule has 0 fully saturated rings. The Morgan fingerprint density at radius 2 is 2.31 bits per heavy atom. The van der Waals surface area contributed by atoms with Gasteiger partial charge < -0.3 is 10.4 Å². The smallest absolute Gasteiger partial charge is 0.224 e. The molecule has 0 amide bonds. The van der Waals surface area contributed by atoms with E-state index < -0.39 is 0 Å². The minimum Gasteiger partial charge on any atom is -0.394 e. The lowest BCUT2D eigenvalue weighted by atomic mass is 10.3. The van der Waals surface area contributed by atoms with Crippen molar-refractivity contribution >= 4 is 17.4 Å². The van der Waals surface area contributed by atoms with Gasteiger partial charge in [-0.05, 0) is 25.4 Å². The van der Waals surface area contributed by atoms with Gasteiger partial charge >= 0.3 is 0 Å². The molecule has 2 N–H and O–H groups in total. The average Bonchev–Trinajstić information content (AvgIpc) is 2.02. The number of rotatable bonds is 3. The van der Waals surface area contributed by atoms with Crippen molar-refractivity contribution in [2.45, 2.75) is 19.9 Å². The number of aryl methyl sites for hydroxylation is 1. The number of aliphatic hydroxyl groups is 1. The number of nitrogens with one attached hydrogen (secondary N) is 1. The largest absolute Gasteiger partial charge is 0.394 e. The first-order valence-corrected chi connectivity index (χ1v) is 4.38. The fraction of sp³-hybridized carbons (Fsp3) is 0.500. The van der Waals surface area contributed by atoms with E-state index in [0.717, 1.165) is 5.69 Å². The molecule has 13 heavy (non-hydrogen) atoms. The SMILES string of the molecule is Cc1cc(NC(C)CO)nc(Cl)n1. The fourth-order valence-electron chi connectivity index (χ4n) is 0.904. The summed E-state index contributed by atoms with van der Waals surface area (Å²) in [6.45, 7) is 3.74. The zero-order chi connectivity index (χ0) is 9.84. The summed E-state index contributed by atoms with van der Waals surface area (Å²) in [5.74, 6) is 0.638. The number of aromatic nitrogens is 2. The normalized spacial score (nSPS) is 12.6. The van der Waals surface area contributed by atoms with E-state index in [1.807, 2.05) is 13.8 Å². The van der Waals surface area contributed by atoms with Crippen molar-refractivity contribution in [2.75, 3.05) is 11.9 Å². The molecule has 0 radical (unpaired) electrons. The van der Waals surface area contributed by atoms with Crippen molar-refractivity contribution in [2.24, 2.45) is 0 Å². The van der Waals surface area contributed by atoms with Crippen molar-refractivity contribution in [1.82, 2.24) is 9.97 Å². The molecule has 4 nitrogen and oxygen atoms in total. The lowest BCUT2D eigenvalue weighted by Gasteiger charge is -2.11. The molecule has 1 atom stereocenters. The molecule has 72 valence electrons. The molecule has 0 saturated heterocycles. The highest BCUT2D eigenvalue weighted by molar-refractivity contribution is 6.28. The van der Waals surface area contributed by atoms with Gasteiger partial charge in [0.1, 0.15) is 5.82 Å². The van der Waals surface area contributed by atoms with Crippen LogP contribution in [0, 0.1) is 6.92 Å². The molecule has 0 spiro atoms. The molecule has 1 heterocycles. The number of hydrogen-bond donors (Lipinski definition) is 2. The van der Waals surface area contributed by atoms with E-state index in [1.54, 1.807) is 6.07 Å². The summed E-state index contributed by atoms with van der Waals surface area (Å²) < 4.78 is 0. The zero-order valence-corrected chi connectivity index (χ0v) is 8.34. The fourth-order valence-corrected chi connectivity index (χ4v) is 1.13. The Balaban J connectivity index is 2.77. The zero-order valence-electron chi connectivity index (χ0n) is 7.58. The van der Waals surface area contributed by atoms with Crippen LogP contribution >= 0.6 is 11.6 Å². The van der Waals surface area contributed by atoms with Crippen molar-refractivity contribution in [3.63, 3.8) is 0 Å². The topological polar surface area (TPSA) is 58.0 Å². The highest BCUT2D eigenvalue weighted by Crippen LogP contribution is 2.10. The minimum absolute atomic E-state index is 0.0367. The summed E-state index contributed by atoms with van der Waals surface area (Å²) in [6, 6.07) is 1.74. The number of hydrogen-bond acceptors (Lipinski definition) is 4. The quantitative estimate of drug-likeness (QED) is 0.723. The maximum atomic E-state index is 8.80. The second-order valence-corrected chi connectivity index (χ2v) is 3.23. The maximum Gasteiger partial charge on any atom is 0.224 e. The summed E-state index contributed by atoms with van der Waals surface area (Å²) >= 11 is 5.65. The third-order valence-electron chi connectivity index (χ3n) is 1.50. The van der Waals surface area contributed by atoms with Crippen LogP contribution in [0.2, 0.25) is 5.28 Å². The molecule has 0 aliphatic rings. The molecule has 0 bridgehead atoms. The van der Waals surface area contributed by atoms with Crippen LogP contribution in [-0.2, 0) is 0 Å². The van der Waals surface area contributed by atoms with E-state index in [4.69, 9.17) is 16.7 Å². The predicted molar refractivity (Wildman–Crippen MR) is 51.9 cm³/mol. The Morgan fingerprint density at radius 1 is 1.62 bits per heavy atom. The molecule has 0 aliphatic heterocycles. The van der Waals surface area contributed by atoms with E-state index in [1.165, 1.54) is 0 Å². The van der Waals surface area contributed by atoms with Crippen LogP contribution in [0.4, 0.5) is 5.82 Å². The summed E-state index contributed by atoms with van der Waals surface area (Å²) in [4.78, 5) is 7.87. The molecule has 5 heteroatoms. The van der Waals surface area contributed by atoms with E-state index in [0.29, 0.717) is 5.82 Å². The molecule has 1 aromatic rings. The van der Waals surface area contributed by atoms with Gasteiger partial charge in [-0.25, -0.2) is 9.97 Å². The molecular weight excluding hydrogens is 190 g/mol. The third-order valence-corrected chi connectivity index (χ3v) is 1.66. The van der Waals surface area contributed by atoms with Crippen molar-refractivity contribution < 1.29 is 5.11 Å². The molecule has 1 aromatic heterocycles. The van der Waals surface area contributed by atoms with Crippen LogP contribution in [0.15, 0.2) is 6.07 Å². The Bertz CT molecular complexity index is 272. The van der Waals surface area contributed by atoms with Crippen LogP contribution in [0.1, 0.15) is 12.6 Å². The lowest BCUT2D eigenvalue weighted by molar-refractivity contribution is 0.281. The Morgan fingerprint density at radius 3 is 2.85 bits per heavy atom. The van der Waals surface area contributed by atoms with Gasteiger partial charge in [-0.15, -0.1) is 0 Å². The molecule has 1 unspecified atom stereocenters. The van der Waals surface area contributed by atoms with Gasteiger partial charge in [0, 0.05) is 17.8 Å². The number of aliphatic hydroxyl groups excluding tert-OH is 1. The van der Waals surface area contributed by atoms with Gasteiger partial charge in [0.2, 0.25) is 5.28 Å². The second kappa shape index (κ2) is 4.39. The summed E-state index contributed by atoms with van der Waals surface area (Å²) in [5.41, 5.74) is 0.799. The second-order valence-electron chi connectivity index (χ2n) is 2.89. The summed E-state index contributed by atoms with van der Waals surface area (Å²) in [5, 5.41) is 12.0. The lowest BCUT2D eigenvalue weighted by Crippen LogP contribution is -2.20. The van der Waals surface area contributed by atoms with Gasteiger partial charge in [-0.3, -0.25) is 0 Å². The third kappa shape index (κ3) is 3.16. The van der Waals surface area contributed by atoms with Gasteiger partial charge in [-0.2, -0.15) is 0 Å². The van der Waals surface area contributed by atoms with Crippen LogP contribution in [0.3, 0.4) is 0 Å². The standard InChI is InChI=1S/C8H12ClN3O/c1-5-3-7(10-6(2)4-13)12-8(9)11-5/h3,6,13H,4H2,1-2H3,(H,10,11,12). The van der Waals surface area contributed by atoms with Crippen molar-refractivity contribution in [3.05, 3.63) is 17.0 Å². The average molecular weight is 202 g/mol. The van der Waals surface area contributed by atoms with E-state index >= 15 is 0 Å². The van der Waals surface area contributed by atoms with Crippen molar-refractivity contribution in [3.8, 4) is 0 Å². The van der Waals surface area contributed by atoms with Gasteiger partial charge in [0.15, 0.2) is 0 Å². The van der Waals surface area contributed by atoms with Crippen LogP contribution in [-0.4, -0.2) is 27.7 Å². The van der Waals surface area contributed by atoms with E-state index in [2.05, 4.69) is 15.3 Å². The number of nitrogens with zero attached hydrogens (tertiary/aromatic N) is 2. The highest BCUT2D eigenvalue weighted by Gasteiger charge is 2.03. The predicted octanol–water partition coefficient (Wildman–Crippen LogP) is 1.23. The molecule has 0 saturated carbocycles. The van der Waals surface area contributed by atoms with Crippen LogP contribution in [0.25, 0.3) is 0 Å². The minimum atomic E-state index is -0.0367. The number of halogens is 1. The molecule has 1 rings (SSSR count). The highest BCUT2D eigenvalue weighted by atomic mass is 35.5. The van der Waals surface area contributed by atoms with Gasteiger partial charge in [0.25, 0.3) is 0 Å². The monoisotopic (exact) mass is 201 g/mol. The maximum absolute atomic E-state index is 8.80. The van der Waals surface area contributed by atoms with Crippen LogP contribution in [0.5, 0.6) is 0 Å². The first kappa shape index (κ1) is 10.2. The Labute approximate surface area is 82.0 Å². The first-order chi connectivity index (χ1) is 6.11. The van der Waals surface area contributed by atoms with E-state index in [-0.39, 0.29) is 17.9 Å². The first-order valence-electron chi connectivity index (χ1n) is 4.00. The van der Waals surface area contributed by atoms with Gasteiger partial charge in [0.05, 0.1) is 6.61 Å². The van der Waals surface area contributed by atoms with Gasteiger partial charge in [-0.1, -0.05) is 0 Å². The Hall–Kier alpha value is -0.870. The molecular formula is C8H12ClN3O. The van der Waals surface area contributed by atoms with Crippen molar-refractivity contribution in [1.29, 1.82) is 0 Å². The summed E-state index contributed by atoms with van der Waals surface area (Å²) in [7, 11) is 0. The Kier molecular flexibility index (Phi) is 3.45. The van der Waals surface area contributed by atoms with Crippen LogP contribution < -0.4 is 5.32 Å². The molecule has 0 aliphatic carbocycles. The summed E-state index contributed by atoms with van der Waals surface area (Å²) in [6.07, 6.45) is 0. The number of anilines is 1. The van der Waals surface area contributed by atoms with E-state index in [9.17, 15) is 0 Å². The molecule has 0 aromatic carbocycles.